The van der Waals surface area contributed by atoms with Gasteiger partial charge in [0, 0.05) is 21.1 Å². The van der Waals surface area contributed by atoms with E-state index in [0.717, 1.165) is 21.9 Å². The molecule has 2 saturated carbocycles. The minimum Gasteiger partial charge on any atom is -0.508 e. The second-order valence-corrected chi connectivity index (χ2v) is 12.2. The molecule has 2 N–H and O–H groups in total. The van der Waals surface area contributed by atoms with Crippen LogP contribution in [-0.2, 0) is 9.59 Å². The lowest BCUT2D eigenvalue weighted by Gasteiger charge is -2.43. The molecule has 2 aliphatic carbocycles. The molecule has 3 fully saturated rings. The second kappa shape index (κ2) is 7.23. The molecular formula is C25H19ClN2O4S2. The summed E-state index contributed by atoms with van der Waals surface area (Å²) in [5.74, 6) is -0.478. The highest BCUT2D eigenvalue weighted by Crippen LogP contribution is 2.68. The lowest BCUT2D eigenvalue weighted by Crippen LogP contribution is -2.42. The highest BCUT2D eigenvalue weighted by molar-refractivity contribution is 8.00. The van der Waals surface area contributed by atoms with Gasteiger partial charge in [0.1, 0.15) is 5.75 Å². The van der Waals surface area contributed by atoms with Crippen LogP contribution in [0.5, 0.6) is 5.75 Å². The first-order chi connectivity index (χ1) is 16.4. The maximum atomic E-state index is 13.7. The molecule has 0 unspecified atom stereocenters. The summed E-state index contributed by atoms with van der Waals surface area (Å²) in [7, 11) is 0. The van der Waals surface area contributed by atoms with Crippen molar-refractivity contribution in [2.24, 2.45) is 29.6 Å². The lowest BCUT2D eigenvalue weighted by molar-refractivity contribution is -0.123. The van der Waals surface area contributed by atoms with Gasteiger partial charge in [-0.15, -0.1) is 11.8 Å². The van der Waals surface area contributed by atoms with Crippen LogP contribution in [0, 0.1) is 29.6 Å². The minimum atomic E-state index is -0.341. The van der Waals surface area contributed by atoms with Crippen molar-refractivity contribution in [3.8, 4) is 5.75 Å². The van der Waals surface area contributed by atoms with Crippen LogP contribution in [0.3, 0.4) is 0 Å². The fraction of sp³-hybridized carbons (Fsp3) is 0.320. The molecule has 9 heteroatoms. The van der Waals surface area contributed by atoms with Crippen LogP contribution in [-0.4, -0.2) is 27.2 Å². The van der Waals surface area contributed by atoms with Crippen molar-refractivity contribution >= 4 is 52.2 Å². The van der Waals surface area contributed by atoms with E-state index in [4.69, 9.17) is 11.6 Å². The van der Waals surface area contributed by atoms with Gasteiger partial charge in [0.25, 0.3) is 0 Å². The third kappa shape index (κ3) is 2.73. The summed E-state index contributed by atoms with van der Waals surface area (Å²) >= 11 is 8.92. The number of hydrogen-bond donors (Lipinski definition) is 2. The molecule has 1 aromatic heterocycles. The Balaban J connectivity index is 1.32. The number of carbonyl (C=O) groups is 2. The summed E-state index contributed by atoms with van der Waals surface area (Å²) in [6, 6.07) is 14.0. The number of benzene rings is 2. The van der Waals surface area contributed by atoms with Gasteiger partial charge in [-0.25, -0.2) is 0 Å². The molecule has 2 bridgehead atoms. The van der Waals surface area contributed by atoms with Gasteiger partial charge >= 0.3 is 4.87 Å². The van der Waals surface area contributed by atoms with Gasteiger partial charge in [-0.05, 0) is 66.1 Å². The zero-order chi connectivity index (χ0) is 23.3. The van der Waals surface area contributed by atoms with Gasteiger partial charge in [0.05, 0.1) is 22.5 Å². The molecular weight excluding hydrogens is 492 g/mol. The standard InChI is InChI=1S/C25H19ClN2O4S2/c26-11-3-5-12(6-4-11)28-23(30)18-14-9-15(19(18)24(28)31)20-17(14)16(10-1-7-13(29)8-2-10)21-22(33-20)27-25(32)34-21/h1-8,14-20,29H,9H2,(H,27,32)/t14-,15-,16-,17-,18+,19-,20+/m1/s1. The number of H-pyrrole nitrogens is 1. The van der Waals surface area contributed by atoms with Crippen LogP contribution < -0.4 is 9.77 Å². The third-order valence-electron chi connectivity index (χ3n) is 8.06. The highest BCUT2D eigenvalue weighted by Gasteiger charge is 2.69. The summed E-state index contributed by atoms with van der Waals surface area (Å²) in [6.45, 7) is 0. The van der Waals surface area contributed by atoms with Crippen molar-refractivity contribution in [1.82, 2.24) is 4.98 Å². The van der Waals surface area contributed by atoms with E-state index in [2.05, 4.69) is 4.98 Å². The largest absolute Gasteiger partial charge is 0.508 e. The molecule has 6 nitrogen and oxygen atoms in total. The number of fused-ring (bicyclic) bond motifs is 9. The normalized spacial score (nSPS) is 33.2. The van der Waals surface area contributed by atoms with Gasteiger partial charge < -0.3 is 10.1 Å². The number of imide groups is 1. The van der Waals surface area contributed by atoms with E-state index in [1.165, 1.54) is 16.2 Å². The smallest absolute Gasteiger partial charge is 0.305 e. The molecule has 4 aliphatic rings. The Hall–Kier alpha value is -2.55. The number of aromatic amines is 1. The quantitative estimate of drug-likeness (QED) is 0.496. The Bertz CT molecular complexity index is 1400. The zero-order valence-corrected chi connectivity index (χ0v) is 20.1. The topological polar surface area (TPSA) is 90.5 Å². The van der Waals surface area contributed by atoms with E-state index in [-0.39, 0.29) is 63.2 Å². The van der Waals surface area contributed by atoms with Crippen molar-refractivity contribution in [3.05, 3.63) is 73.7 Å². The number of nitrogens with one attached hydrogen (secondary N) is 1. The number of aromatic hydroxyl groups is 1. The average Bonchev–Trinajstić information content (AvgIpc) is 3.54. The van der Waals surface area contributed by atoms with E-state index in [0.29, 0.717) is 10.7 Å². The van der Waals surface area contributed by atoms with E-state index in [9.17, 15) is 19.5 Å². The maximum absolute atomic E-state index is 13.7. The number of rotatable bonds is 2. The molecule has 172 valence electrons. The molecule has 34 heavy (non-hydrogen) atoms. The Morgan fingerprint density at radius 3 is 2.32 bits per heavy atom. The highest BCUT2D eigenvalue weighted by atomic mass is 35.5. The number of thioether (sulfide) groups is 1. The Labute approximate surface area is 207 Å². The molecule has 7 rings (SSSR count). The molecule has 2 aromatic carbocycles. The van der Waals surface area contributed by atoms with Crippen LogP contribution in [0.2, 0.25) is 5.02 Å². The van der Waals surface area contributed by atoms with Crippen molar-refractivity contribution in [3.63, 3.8) is 0 Å². The number of nitrogens with zero attached hydrogens (tertiary/aromatic N) is 1. The first kappa shape index (κ1) is 20.8. The fourth-order valence-electron chi connectivity index (χ4n) is 6.92. The Morgan fingerprint density at radius 1 is 0.941 bits per heavy atom. The number of hydrogen-bond acceptors (Lipinski definition) is 6. The first-order valence-electron chi connectivity index (χ1n) is 11.2. The molecule has 3 aromatic rings. The Kier molecular flexibility index (Phi) is 4.42. The van der Waals surface area contributed by atoms with Crippen LogP contribution in [0.4, 0.5) is 5.69 Å². The summed E-state index contributed by atoms with van der Waals surface area (Å²) in [5.41, 5.74) is 1.60. The molecule has 2 aliphatic heterocycles. The van der Waals surface area contributed by atoms with Crippen LogP contribution >= 0.6 is 34.7 Å². The van der Waals surface area contributed by atoms with Crippen molar-refractivity contribution < 1.29 is 14.7 Å². The predicted octanol–water partition coefficient (Wildman–Crippen LogP) is 4.47. The number of anilines is 1. The van der Waals surface area contributed by atoms with Gasteiger partial charge in [0.2, 0.25) is 11.8 Å². The SMILES string of the molecule is O=C1[C@@H]2[C@H]3C[C@@H]([C@@H]2C(=O)N1c1ccc(Cl)cc1)[C@@H]1[C@@H](c2ccc(O)cc2)c2sc(=O)[nH]c2S[C@@H]31. The molecule has 3 heterocycles. The molecule has 2 amide bonds. The summed E-state index contributed by atoms with van der Waals surface area (Å²) in [5, 5.41) is 11.4. The minimum absolute atomic E-state index is 0.0470. The van der Waals surface area contributed by atoms with Crippen molar-refractivity contribution in [1.29, 1.82) is 0 Å². The average molecular weight is 511 g/mol. The second-order valence-electron chi connectivity index (χ2n) is 9.54. The van der Waals surface area contributed by atoms with E-state index >= 15 is 0 Å². The number of amides is 2. The summed E-state index contributed by atoms with van der Waals surface area (Å²) in [4.78, 5) is 44.8. The number of halogens is 1. The maximum Gasteiger partial charge on any atom is 0.305 e. The number of aromatic nitrogens is 1. The zero-order valence-electron chi connectivity index (χ0n) is 17.7. The predicted molar refractivity (Wildman–Crippen MR) is 131 cm³/mol. The number of phenols is 1. The first-order valence-corrected chi connectivity index (χ1v) is 13.3. The molecule has 7 atom stereocenters. The number of carbonyl (C=O) groups excluding carboxylic acids is 2. The lowest BCUT2D eigenvalue weighted by atomic mass is 9.68. The van der Waals surface area contributed by atoms with Crippen molar-refractivity contribution in [2.45, 2.75) is 22.6 Å². The summed E-state index contributed by atoms with van der Waals surface area (Å²) < 4.78 is 0. The van der Waals surface area contributed by atoms with E-state index in [1.807, 2.05) is 12.1 Å². The van der Waals surface area contributed by atoms with Gasteiger partial charge in [-0.3, -0.25) is 19.3 Å². The monoisotopic (exact) mass is 510 g/mol. The molecule has 1 saturated heterocycles. The molecule has 0 radical (unpaired) electrons. The van der Waals surface area contributed by atoms with Gasteiger partial charge in [-0.1, -0.05) is 35.1 Å². The Morgan fingerprint density at radius 2 is 1.62 bits per heavy atom. The van der Waals surface area contributed by atoms with Crippen molar-refractivity contribution in [2.75, 3.05) is 4.90 Å². The fourth-order valence-corrected chi connectivity index (χ4v) is 9.93. The van der Waals surface area contributed by atoms with Crippen LogP contribution in [0.15, 0.2) is 58.4 Å². The third-order valence-corrected chi connectivity index (χ3v) is 10.9. The van der Waals surface area contributed by atoms with Gasteiger partial charge in [-0.2, -0.15) is 0 Å². The van der Waals surface area contributed by atoms with Crippen LogP contribution in [0.25, 0.3) is 0 Å². The van der Waals surface area contributed by atoms with Crippen LogP contribution in [0.1, 0.15) is 22.8 Å². The summed E-state index contributed by atoms with van der Waals surface area (Å²) in [6.07, 6.45) is 0.845. The number of phenolic OH excluding ortho intramolecular Hbond substituents is 1. The van der Waals surface area contributed by atoms with Gasteiger partial charge in [0.15, 0.2) is 0 Å². The number of thiazole rings is 1. The van der Waals surface area contributed by atoms with E-state index < -0.39 is 0 Å². The van der Waals surface area contributed by atoms with E-state index in [1.54, 1.807) is 48.2 Å². The molecule has 0 spiro atoms.